The van der Waals surface area contributed by atoms with Crippen molar-refractivity contribution in [2.24, 2.45) is 0 Å². The molecule has 9 nitrogen and oxygen atoms in total. The molecule has 39 heavy (non-hydrogen) atoms. The molecule has 1 aliphatic heterocycles. The summed E-state index contributed by atoms with van der Waals surface area (Å²) in [5.41, 5.74) is 2.28. The van der Waals surface area contributed by atoms with Gasteiger partial charge >= 0.3 is 0 Å². The Kier molecular flexibility index (Phi) is 7.49. The summed E-state index contributed by atoms with van der Waals surface area (Å²) >= 11 is 1.69. The molecule has 2 unspecified atom stereocenters. The van der Waals surface area contributed by atoms with Gasteiger partial charge in [0.1, 0.15) is 11.8 Å². The molecule has 5 aromatic rings. The van der Waals surface area contributed by atoms with Gasteiger partial charge in [-0.1, -0.05) is 36.4 Å². The van der Waals surface area contributed by atoms with Gasteiger partial charge in [0.05, 0.1) is 19.8 Å². The Labute approximate surface area is 230 Å². The van der Waals surface area contributed by atoms with Gasteiger partial charge < -0.3 is 14.5 Å². The molecule has 1 saturated heterocycles. The van der Waals surface area contributed by atoms with Gasteiger partial charge in [-0.2, -0.15) is 0 Å². The van der Waals surface area contributed by atoms with Crippen molar-refractivity contribution in [2.45, 2.75) is 44.6 Å². The van der Waals surface area contributed by atoms with Crippen LogP contribution in [0.2, 0.25) is 0 Å². The molecule has 0 spiro atoms. The van der Waals surface area contributed by atoms with Crippen LogP contribution in [0.1, 0.15) is 40.7 Å². The SMILES string of the molecule is COc1ccc2[nH]c(=O)c(C(c3nnnn3CC3CCCO3)N(Cc3ccccc3)Cc3cccs3)cc2c1. The molecule has 2 aromatic carbocycles. The second-order valence-corrected chi connectivity index (χ2v) is 10.8. The highest BCUT2D eigenvalue weighted by Crippen LogP contribution is 2.32. The van der Waals surface area contributed by atoms with Crippen LogP contribution in [0.15, 0.2) is 76.9 Å². The molecular weight excluding hydrogens is 512 g/mol. The molecule has 0 radical (unpaired) electrons. The number of methoxy groups -OCH3 is 1. The highest BCUT2D eigenvalue weighted by molar-refractivity contribution is 7.09. The fourth-order valence-electron chi connectivity index (χ4n) is 5.21. The molecule has 0 amide bonds. The van der Waals surface area contributed by atoms with Crippen LogP contribution in [0.25, 0.3) is 10.9 Å². The first kappa shape index (κ1) is 25.4. The zero-order chi connectivity index (χ0) is 26.6. The number of benzene rings is 2. The molecular formula is C29H30N6O3S. The van der Waals surface area contributed by atoms with Crippen molar-refractivity contribution < 1.29 is 9.47 Å². The van der Waals surface area contributed by atoms with E-state index in [1.54, 1.807) is 18.4 Å². The van der Waals surface area contributed by atoms with E-state index in [0.29, 0.717) is 31.0 Å². The summed E-state index contributed by atoms with van der Waals surface area (Å²) in [7, 11) is 1.64. The predicted molar refractivity (Wildman–Crippen MR) is 150 cm³/mol. The Morgan fingerprint density at radius 2 is 2.05 bits per heavy atom. The van der Waals surface area contributed by atoms with Crippen LogP contribution in [0.3, 0.4) is 0 Å². The van der Waals surface area contributed by atoms with E-state index in [-0.39, 0.29) is 11.7 Å². The number of aromatic amines is 1. The zero-order valence-corrected chi connectivity index (χ0v) is 22.5. The van der Waals surface area contributed by atoms with E-state index in [4.69, 9.17) is 9.47 Å². The van der Waals surface area contributed by atoms with E-state index in [9.17, 15) is 4.79 Å². The maximum absolute atomic E-state index is 13.7. The zero-order valence-electron chi connectivity index (χ0n) is 21.7. The topological polar surface area (TPSA) is 98.2 Å². The van der Waals surface area contributed by atoms with Crippen LogP contribution >= 0.6 is 11.3 Å². The number of aromatic nitrogens is 5. The average molecular weight is 543 g/mol. The molecule has 200 valence electrons. The van der Waals surface area contributed by atoms with Crippen LogP contribution in [0, 0.1) is 0 Å². The second kappa shape index (κ2) is 11.5. The minimum Gasteiger partial charge on any atom is -0.497 e. The number of rotatable bonds is 10. The van der Waals surface area contributed by atoms with Crippen LogP contribution in [0.5, 0.6) is 5.75 Å². The van der Waals surface area contributed by atoms with Crippen molar-refractivity contribution in [1.82, 2.24) is 30.1 Å². The van der Waals surface area contributed by atoms with Crippen molar-refractivity contribution >= 4 is 22.2 Å². The molecule has 1 aliphatic rings. The number of hydrogen-bond acceptors (Lipinski definition) is 8. The van der Waals surface area contributed by atoms with Gasteiger partial charge in [0.15, 0.2) is 5.82 Å². The minimum absolute atomic E-state index is 0.0481. The van der Waals surface area contributed by atoms with Crippen molar-refractivity contribution in [1.29, 1.82) is 0 Å². The normalized spacial score (nSPS) is 16.2. The Balaban J connectivity index is 1.50. The summed E-state index contributed by atoms with van der Waals surface area (Å²) in [6, 6.07) is 21.5. The van der Waals surface area contributed by atoms with E-state index in [1.165, 1.54) is 4.88 Å². The average Bonchev–Trinajstić information content (AvgIpc) is 3.75. The third-order valence-electron chi connectivity index (χ3n) is 7.11. The molecule has 1 N–H and O–H groups in total. The maximum atomic E-state index is 13.7. The van der Waals surface area contributed by atoms with Gasteiger partial charge in [0.25, 0.3) is 5.56 Å². The summed E-state index contributed by atoms with van der Waals surface area (Å²) in [5, 5.41) is 15.9. The molecule has 2 atom stereocenters. The molecule has 6 rings (SSSR count). The largest absolute Gasteiger partial charge is 0.497 e. The number of hydrogen-bond donors (Lipinski definition) is 1. The third-order valence-corrected chi connectivity index (χ3v) is 7.97. The lowest BCUT2D eigenvalue weighted by atomic mass is 10.0. The maximum Gasteiger partial charge on any atom is 0.253 e. The summed E-state index contributed by atoms with van der Waals surface area (Å²) < 4.78 is 13.2. The Bertz CT molecular complexity index is 1580. The number of ether oxygens (including phenoxy) is 2. The third kappa shape index (κ3) is 5.63. The fourth-order valence-corrected chi connectivity index (χ4v) is 5.94. The number of thiophene rings is 1. The monoisotopic (exact) mass is 542 g/mol. The van der Waals surface area contributed by atoms with Crippen LogP contribution < -0.4 is 10.3 Å². The van der Waals surface area contributed by atoms with E-state index in [1.807, 2.05) is 53.2 Å². The summed E-state index contributed by atoms with van der Waals surface area (Å²) in [6.07, 6.45) is 2.03. The van der Waals surface area contributed by atoms with Gasteiger partial charge in [-0.3, -0.25) is 9.69 Å². The molecule has 4 heterocycles. The van der Waals surface area contributed by atoms with E-state index < -0.39 is 6.04 Å². The van der Waals surface area contributed by atoms with Crippen molar-refractivity contribution in [3.8, 4) is 5.75 Å². The number of fused-ring (bicyclic) bond motifs is 1. The molecule has 0 aliphatic carbocycles. The Morgan fingerprint density at radius 1 is 1.15 bits per heavy atom. The number of nitrogens with one attached hydrogen (secondary N) is 1. The first-order valence-electron chi connectivity index (χ1n) is 13.1. The number of H-pyrrole nitrogens is 1. The van der Waals surface area contributed by atoms with E-state index in [0.717, 1.165) is 41.7 Å². The summed E-state index contributed by atoms with van der Waals surface area (Å²) in [6.45, 7) is 2.51. The van der Waals surface area contributed by atoms with E-state index >= 15 is 0 Å². The lowest BCUT2D eigenvalue weighted by Gasteiger charge is -2.31. The quantitative estimate of drug-likeness (QED) is 0.276. The van der Waals surface area contributed by atoms with Gasteiger partial charge in [-0.05, 0) is 64.5 Å². The van der Waals surface area contributed by atoms with Gasteiger partial charge in [-0.25, -0.2) is 4.68 Å². The molecule has 3 aromatic heterocycles. The summed E-state index contributed by atoms with van der Waals surface area (Å²) in [5.74, 6) is 1.34. The summed E-state index contributed by atoms with van der Waals surface area (Å²) in [4.78, 5) is 20.3. The molecule has 10 heteroatoms. The fraction of sp³-hybridized carbons (Fsp3) is 0.310. The standard InChI is InChI=1S/C29H30N6O3S/c1-37-22-11-12-26-21(15-22)16-25(29(36)30-26)27(28-31-32-33-35(28)18-23-9-5-13-38-23)34(19-24-10-6-14-39-24)17-20-7-3-2-4-8-20/h2-4,6-8,10-12,14-16,23,27H,5,9,13,17-19H2,1H3,(H,30,36). The predicted octanol–water partition coefficient (Wildman–Crippen LogP) is 4.56. The highest BCUT2D eigenvalue weighted by Gasteiger charge is 2.32. The van der Waals surface area contributed by atoms with Crippen LogP contribution in [-0.2, 0) is 24.4 Å². The van der Waals surface area contributed by atoms with Gasteiger partial charge in [0, 0.05) is 41.0 Å². The second-order valence-electron chi connectivity index (χ2n) is 9.73. The lowest BCUT2D eigenvalue weighted by molar-refractivity contribution is 0.0904. The Hall–Kier alpha value is -3.86. The lowest BCUT2D eigenvalue weighted by Crippen LogP contribution is -2.35. The first-order chi connectivity index (χ1) is 19.2. The van der Waals surface area contributed by atoms with Crippen molar-refractivity contribution in [3.05, 3.63) is 104 Å². The van der Waals surface area contributed by atoms with Crippen molar-refractivity contribution in [2.75, 3.05) is 13.7 Å². The number of tetrazole rings is 1. The minimum atomic E-state index is -0.511. The number of nitrogens with zero attached hydrogens (tertiary/aromatic N) is 5. The van der Waals surface area contributed by atoms with Crippen LogP contribution in [-0.4, -0.2) is 49.9 Å². The molecule has 1 fully saturated rings. The van der Waals surface area contributed by atoms with Crippen molar-refractivity contribution in [3.63, 3.8) is 0 Å². The van der Waals surface area contributed by atoms with E-state index in [2.05, 4.69) is 49.0 Å². The Morgan fingerprint density at radius 3 is 2.82 bits per heavy atom. The van der Waals surface area contributed by atoms with Gasteiger partial charge in [0.2, 0.25) is 0 Å². The smallest absolute Gasteiger partial charge is 0.253 e. The highest BCUT2D eigenvalue weighted by atomic mass is 32.1. The number of pyridine rings is 1. The van der Waals surface area contributed by atoms with Gasteiger partial charge in [-0.15, -0.1) is 16.4 Å². The van der Waals surface area contributed by atoms with Crippen LogP contribution in [0.4, 0.5) is 0 Å². The first-order valence-corrected chi connectivity index (χ1v) is 13.9. The molecule has 0 bridgehead atoms. The molecule has 0 saturated carbocycles.